The number of nitrogens with zero attached hydrogens (tertiary/aromatic N) is 1. The number of hydrogen-bond donors (Lipinski definition) is 3. The van der Waals surface area contributed by atoms with E-state index in [1.54, 1.807) is 30.5 Å². The number of benzene rings is 2. The largest absolute Gasteiger partial charge is 0.384 e. The van der Waals surface area contributed by atoms with Crippen LogP contribution in [0.3, 0.4) is 0 Å². The summed E-state index contributed by atoms with van der Waals surface area (Å²) in [5.41, 5.74) is 13.1. The summed E-state index contributed by atoms with van der Waals surface area (Å²) in [6.07, 6.45) is 1.77. The van der Waals surface area contributed by atoms with Gasteiger partial charge in [0.2, 0.25) is 0 Å². The Morgan fingerprint density at radius 2 is 1.67 bits per heavy atom. The van der Waals surface area contributed by atoms with Crippen molar-refractivity contribution in [3.05, 3.63) is 80.4 Å². The predicted octanol–water partition coefficient (Wildman–Crippen LogP) is 3.65. The minimum Gasteiger partial charge on any atom is -0.384 e. The zero-order valence-corrected chi connectivity index (χ0v) is 14.8. The Bertz CT molecular complexity index is 830. The maximum atomic E-state index is 6.45. The maximum Gasteiger partial charge on any atom is 0.185 e. The summed E-state index contributed by atoms with van der Waals surface area (Å²) in [5, 5.41) is 4.94. The first-order chi connectivity index (χ1) is 11.5. The van der Waals surface area contributed by atoms with E-state index in [1.807, 2.05) is 18.2 Å². The molecule has 24 heavy (non-hydrogen) atoms. The third kappa shape index (κ3) is 2.98. The highest BCUT2D eigenvalue weighted by Crippen LogP contribution is 2.39. The first kappa shape index (κ1) is 17.1. The molecule has 2 aromatic rings. The lowest BCUT2D eigenvalue weighted by atomic mass is 9.90. The summed E-state index contributed by atoms with van der Waals surface area (Å²) in [7, 11) is 0. The fourth-order valence-electron chi connectivity index (χ4n) is 2.63. The Morgan fingerprint density at radius 1 is 1.00 bits per heavy atom. The summed E-state index contributed by atoms with van der Waals surface area (Å²) in [5.74, 6) is 0.359. The van der Waals surface area contributed by atoms with Crippen molar-refractivity contribution in [2.45, 2.75) is 5.66 Å². The molecular formula is C17H15Cl3N4. The van der Waals surface area contributed by atoms with Gasteiger partial charge in [0.25, 0.3) is 0 Å². The zero-order chi connectivity index (χ0) is 17.3. The van der Waals surface area contributed by atoms with E-state index in [0.29, 0.717) is 20.9 Å². The second-order valence-corrected chi connectivity index (χ2v) is 6.64. The molecule has 7 heteroatoms. The van der Waals surface area contributed by atoms with Gasteiger partial charge in [-0.1, -0.05) is 53.0 Å². The Labute approximate surface area is 155 Å². The smallest absolute Gasteiger partial charge is 0.185 e. The monoisotopic (exact) mass is 380 g/mol. The molecule has 1 heterocycles. The van der Waals surface area contributed by atoms with Crippen LogP contribution in [0.25, 0.3) is 0 Å². The second kappa shape index (κ2) is 6.65. The standard InChI is InChI=1S/C17H15Cl3N4/c18-12-3-1-11(2-4-12)17(14-6-5-13(19)7-15(14)20)23-9-10(8-21)16(22)24-17/h1-7,9,23H,8,21H2,(H2,22,24). The summed E-state index contributed by atoms with van der Waals surface area (Å²) in [4.78, 5) is 4.69. The van der Waals surface area contributed by atoms with Crippen LogP contribution < -0.4 is 16.8 Å². The molecule has 0 saturated heterocycles. The van der Waals surface area contributed by atoms with Crippen molar-refractivity contribution in [3.8, 4) is 0 Å². The molecule has 3 rings (SSSR count). The number of rotatable bonds is 3. The Kier molecular flexibility index (Phi) is 4.74. The van der Waals surface area contributed by atoms with Crippen LogP contribution in [-0.2, 0) is 5.66 Å². The topological polar surface area (TPSA) is 76.4 Å². The average molecular weight is 382 g/mol. The zero-order valence-electron chi connectivity index (χ0n) is 12.6. The van der Waals surface area contributed by atoms with Crippen molar-refractivity contribution in [1.82, 2.24) is 5.32 Å². The lowest BCUT2D eigenvalue weighted by molar-refractivity contribution is 0.474. The van der Waals surface area contributed by atoms with Crippen LogP contribution in [0.15, 0.2) is 59.2 Å². The van der Waals surface area contributed by atoms with Crippen molar-refractivity contribution in [1.29, 1.82) is 0 Å². The van der Waals surface area contributed by atoms with Gasteiger partial charge in [0.05, 0.1) is 0 Å². The van der Waals surface area contributed by atoms with E-state index >= 15 is 0 Å². The number of aliphatic imine (C=N–C) groups is 1. The first-order valence-electron chi connectivity index (χ1n) is 7.20. The molecule has 1 aliphatic heterocycles. The maximum absolute atomic E-state index is 6.45. The average Bonchev–Trinajstić information content (AvgIpc) is 2.55. The van der Waals surface area contributed by atoms with E-state index in [0.717, 1.165) is 16.7 Å². The van der Waals surface area contributed by atoms with Crippen molar-refractivity contribution >= 4 is 40.6 Å². The van der Waals surface area contributed by atoms with Crippen LogP contribution in [0.1, 0.15) is 11.1 Å². The van der Waals surface area contributed by atoms with E-state index in [2.05, 4.69) is 5.32 Å². The van der Waals surface area contributed by atoms with E-state index in [9.17, 15) is 0 Å². The highest BCUT2D eigenvalue weighted by atomic mass is 35.5. The van der Waals surface area contributed by atoms with E-state index < -0.39 is 5.66 Å². The van der Waals surface area contributed by atoms with E-state index in [4.69, 9.17) is 51.3 Å². The van der Waals surface area contributed by atoms with Crippen LogP contribution in [0.2, 0.25) is 15.1 Å². The molecule has 0 fully saturated rings. The number of amidine groups is 1. The summed E-state index contributed by atoms with van der Waals surface area (Å²) in [6, 6.07) is 12.6. The number of hydrogen-bond acceptors (Lipinski definition) is 4. The first-order valence-corrected chi connectivity index (χ1v) is 8.34. The van der Waals surface area contributed by atoms with Gasteiger partial charge in [0.1, 0.15) is 5.84 Å². The van der Waals surface area contributed by atoms with E-state index in [-0.39, 0.29) is 6.54 Å². The molecule has 1 atom stereocenters. The molecule has 124 valence electrons. The summed E-state index contributed by atoms with van der Waals surface area (Å²) >= 11 is 18.5. The van der Waals surface area contributed by atoms with Gasteiger partial charge in [-0.3, -0.25) is 0 Å². The van der Waals surface area contributed by atoms with Crippen LogP contribution in [0.4, 0.5) is 0 Å². The molecule has 0 bridgehead atoms. The highest BCUT2D eigenvalue weighted by molar-refractivity contribution is 6.35. The third-order valence-electron chi connectivity index (χ3n) is 3.88. The molecule has 4 nitrogen and oxygen atoms in total. The van der Waals surface area contributed by atoms with Gasteiger partial charge < -0.3 is 16.8 Å². The predicted molar refractivity (Wildman–Crippen MR) is 101 cm³/mol. The fraction of sp³-hybridized carbons (Fsp3) is 0.118. The lowest BCUT2D eigenvalue weighted by Crippen LogP contribution is -2.45. The molecule has 0 saturated carbocycles. The molecular weight excluding hydrogens is 367 g/mol. The third-order valence-corrected chi connectivity index (χ3v) is 4.68. The summed E-state index contributed by atoms with van der Waals surface area (Å²) < 4.78 is 0. The fourth-order valence-corrected chi connectivity index (χ4v) is 3.30. The molecule has 0 aliphatic carbocycles. The molecule has 0 radical (unpaired) electrons. The van der Waals surface area contributed by atoms with Crippen LogP contribution in [-0.4, -0.2) is 12.4 Å². The minimum absolute atomic E-state index is 0.285. The van der Waals surface area contributed by atoms with Gasteiger partial charge in [0, 0.05) is 44.5 Å². The van der Waals surface area contributed by atoms with Crippen molar-refractivity contribution in [2.24, 2.45) is 16.5 Å². The molecule has 0 spiro atoms. The molecule has 0 amide bonds. The van der Waals surface area contributed by atoms with E-state index in [1.165, 1.54) is 0 Å². The minimum atomic E-state index is -0.977. The Morgan fingerprint density at radius 3 is 2.25 bits per heavy atom. The van der Waals surface area contributed by atoms with Crippen molar-refractivity contribution in [2.75, 3.05) is 6.54 Å². The molecule has 1 aliphatic rings. The number of nitrogens with one attached hydrogen (secondary N) is 1. The molecule has 0 aromatic heterocycles. The molecule has 1 unspecified atom stereocenters. The number of halogens is 3. The lowest BCUT2D eigenvalue weighted by Gasteiger charge is -2.35. The van der Waals surface area contributed by atoms with Crippen LogP contribution in [0.5, 0.6) is 0 Å². The number of nitrogens with two attached hydrogens (primary N) is 2. The highest BCUT2D eigenvalue weighted by Gasteiger charge is 2.37. The quantitative estimate of drug-likeness (QED) is 0.759. The SMILES string of the molecule is NCC1=CNC(c2ccc(Cl)cc2)(c2ccc(Cl)cc2Cl)N=C1N. The second-order valence-electron chi connectivity index (χ2n) is 5.36. The van der Waals surface area contributed by atoms with Gasteiger partial charge in [0.15, 0.2) is 5.66 Å². The Hall–Kier alpha value is -1.72. The summed E-state index contributed by atoms with van der Waals surface area (Å²) in [6.45, 7) is 0.285. The normalized spacial score (nSPS) is 20.2. The van der Waals surface area contributed by atoms with Crippen LogP contribution in [0, 0.1) is 0 Å². The van der Waals surface area contributed by atoms with Crippen molar-refractivity contribution in [3.63, 3.8) is 0 Å². The molecule has 5 N–H and O–H groups in total. The van der Waals surface area contributed by atoms with Gasteiger partial charge in [-0.2, -0.15) is 0 Å². The molecule has 2 aromatic carbocycles. The van der Waals surface area contributed by atoms with Crippen molar-refractivity contribution < 1.29 is 0 Å². The van der Waals surface area contributed by atoms with Gasteiger partial charge in [-0.05, 0) is 24.3 Å². The van der Waals surface area contributed by atoms with Gasteiger partial charge in [-0.15, -0.1) is 0 Å². The van der Waals surface area contributed by atoms with Gasteiger partial charge >= 0.3 is 0 Å². The Balaban J connectivity index is 2.23. The van der Waals surface area contributed by atoms with Gasteiger partial charge in [-0.25, -0.2) is 4.99 Å². The van der Waals surface area contributed by atoms with Crippen LogP contribution >= 0.6 is 34.8 Å².